The van der Waals surface area contributed by atoms with Crippen molar-refractivity contribution in [3.63, 3.8) is 0 Å². The standard InChI is InChI=1S/C33H26FN9O2/c1-19(34)32(44)39-25-8-3-2-6-23(25)33(45)40-26-12-9-20-18-21(10-11-22(20)26)43-30(24-7-4-15-36-29(24)35)38-27-13-14-28(41-31(27)43)42-17-5-16-37-42/h2-8,10-11,13-18,26H,1,9,12H2,(H2,35,36)(H,39,44)(H,40,45)/t26-/m0/s1. The van der Waals surface area contributed by atoms with Crippen LogP contribution in [0.2, 0.25) is 0 Å². The Morgan fingerprint density at radius 2 is 1.87 bits per heavy atom. The van der Waals surface area contributed by atoms with Gasteiger partial charge in [-0.25, -0.2) is 24.0 Å². The van der Waals surface area contributed by atoms with Crippen LogP contribution >= 0.6 is 0 Å². The number of rotatable bonds is 7. The lowest BCUT2D eigenvalue weighted by Crippen LogP contribution is -2.28. The summed E-state index contributed by atoms with van der Waals surface area (Å²) in [6.07, 6.45) is 6.54. The van der Waals surface area contributed by atoms with Gasteiger partial charge in [0.05, 0.1) is 22.9 Å². The summed E-state index contributed by atoms with van der Waals surface area (Å²) in [7, 11) is 0. The number of benzene rings is 2. The zero-order chi connectivity index (χ0) is 31.1. The minimum Gasteiger partial charge on any atom is -0.383 e. The van der Waals surface area contributed by atoms with E-state index in [-0.39, 0.29) is 23.2 Å². The molecule has 1 aliphatic carbocycles. The number of halogens is 1. The molecule has 6 aromatic rings. The van der Waals surface area contributed by atoms with Gasteiger partial charge < -0.3 is 16.4 Å². The number of hydrogen-bond acceptors (Lipinski definition) is 7. The molecule has 4 N–H and O–H groups in total. The van der Waals surface area contributed by atoms with E-state index in [9.17, 15) is 14.0 Å². The van der Waals surface area contributed by atoms with Crippen molar-refractivity contribution in [1.29, 1.82) is 0 Å². The topological polar surface area (TPSA) is 146 Å². The number of imidazole rings is 1. The van der Waals surface area contributed by atoms with Gasteiger partial charge in [0.15, 0.2) is 23.1 Å². The van der Waals surface area contributed by atoms with E-state index in [1.54, 1.807) is 41.3 Å². The lowest BCUT2D eigenvalue weighted by molar-refractivity contribution is -0.114. The van der Waals surface area contributed by atoms with Gasteiger partial charge >= 0.3 is 0 Å². The Morgan fingerprint density at radius 1 is 1.00 bits per heavy atom. The van der Waals surface area contributed by atoms with Gasteiger partial charge in [0.1, 0.15) is 11.3 Å². The molecule has 11 nitrogen and oxygen atoms in total. The number of hydrogen-bond donors (Lipinski definition) is 3. The number of carbonyl (C=O) groups is 2. The Hall–Kier alpha value is -6.17. The maximum Gasteiger partial charge on any atom is 0.283 e. The first-order valence-electron chi connectivity index (χ1n) is 14.2. The first-order chi connectivity index (χ1) is 21.9. The second-order valence-electron chi connectivity index (χ2n) is 10.5. The summed E-state index contributed by atoms with van der Waals surface area (Å²) >= 11 is 0. The monoisotopic (exact) mass is 599 g/mol. The molecule has 0 unspecified atom stereocenters. The van der Waals surface area contributed by atoms with E-state index in [0.29, 0.717) is 40.6 Å². The predicted molar refractivity (Wildman–Crippen MR) is 167 cm³/mol. The average molecular weight is 600 g/mol. The van der Waals surface area contributed by atoms with E-state index in [1.807, 2.05) is 53.2 Å². The van der Waals surface area contributed by atoms with Crippen molar-refractivity contribution in [2.75, 3.05) is 11.1 Å². The van der Waals surface area contributed by atoms with Gasteiger partial charge in [-0.05, 0) is 78.6 Å². The van der Waals surface area contributed by atoms with E-state index in [1.165, 1.54) is 0 Å². The second-order valence-corrected chi connectivity index (χ2v) is 10.5. The molecular formula is C33H26FN9O2. The molecule has 0 saturated heterocycles. The number of para-hydroxylation sites is 1. The van der Waals surface area contributed by atoms with Crippen molar-refractivity contribution in [3.8, 4) is 22.9 Å². The number of anilines is 2. The zero-order valence-electron chi connectivity index (χ0n) is 23.8. The fourth-order valence-corrected chi connectivity index (χ4v) is 5.62. The Kier molecular flexibility index (Phi) is 6.85. The Morgan fingerprint density at radius 3 is 2.67 bits per heavy atom. The normalized spacial score (nSPS) is 13.8. The third-order valence-electron chi connectivity index (χ3n) is 7.74. The summed E-state index contributed by atoms with van der Waals surface area (Å²) in [5.74, 6) is -0.952. The van der Waals surface area contributed by atoms with Crippen LogP contribution in [-0.2, 0) is 11.2 Å². The van der Waals surface area contributed by atoms with Gasteiger partial charge in [0.25, 0.3) is 11.8 Å². The fraction of sp³-hybridized carbons (Fsp3) is 0.0909. The third kappa shape index (κ3) is 5.07. The highest BCUT2D eigenvalue weighted by Crippen LogP contribution is 2.36. The van der Waals surface area contributed by atoms with Crippen molar-refractivity contribution in [2.24, 2.45) is 0 Å². The quantitative estimate of drug-likeness (QED) is 0.217. The number of nitrogens with two attached hydrogens (primary N) is 1. The van der Waals surface area contributed by atoms with Crippen LogP contribution in [0.25, 0.3) is 34.1 Å². The summed E-state index contributed by atoms with van der Waals surface area (Å²) in [5.41, 5.74) is 11.5. The molecule has 1 aliphatic rings. The summed E-state index contributed by atoms with van der Waals surface area (Å²) in [5, 5.41) is 9.80. The Bertz CT molecular complexity index is 2120. The summed E-state index contributed by atoms with van der Waals surface area (Å²) in [6, 6.07) is 21.5. The number of pyridine rings is 2. The number of nitrogens with one attached hydrogen (secondary N) is 2. The molecule has 0 spiro atoms. The van der Waals surface area contributed by atoms with Gasteiger partial charge in [0.2, 0.25) is 0 Å². The number of fused-ring (bicyclic) bond motifs is 2. The van der Waals surface area contributed by atoms with E-state index in [0.717, 1.165) is 23.2 Å². The average Bonchev–Trinajstić information content (AvgIpc) is 3.80. The van der Waals surface area contributed by atoms with Gasteiger partial charge in [-0.15, -0.1) is 0 Å². The Labute approximate surface area is 256 Å². The van der Waals surface area contributed by atoms with Crippen LogP contribution in [0.15, 0.2) is 104 Å². The lowest BCUT2D eigenvalue weighted by atomic mass is 10.1. The van der Waals surface area contributed by atoms with Crippen LogP contribution in [0, 0.1) is 0 Å². The van der Waals surface area contributed by atoms with Gasteiger partial charge in [-0.3, -0.25) is 14.2 Å². The minimum atomic E-state index is -1.14. The molecule has 4 heterocycles. The minimum absolute atomic E-state index is 0.198. The molecule has 4 aromatic heterocycles. The number of nitrogen functional groups attached to an aromatic ring is 1. The van der Waals surface area contributed by atoms with E-state index in [2.05, 4.69) is 33.4 Å². The van der Waals surface area contributed by atoms with Crippen molar-refractivity contribution < 1.29 is 14.0 Å². The highest BCUT2D eigenvalue weighted by Gasteiger charge is 2.27. The maximum absolute atomic E-state index is 13.3. The predicted octanol–water partition coefficient (Wildman–Crippen LogP) is 5.09. The SMILES string of the molecule is C=C(F)C(=O)Nc1ccccc1C(=O)N[C@H]1CCc2cc(-n3c(-c4cccnc4N)nc4ccc(-n5cccn5)nc43)ccc21. The van der Waals surface area contributed by atoms with Crippen LogP contribution in [0.4, 0.5) is 15.9 Å². The van der Waals surface area contributed by atoms with E-state index >= 15 is 0 Å². The molecule has 0 saturated carbocycles. The largest absolute Gasteiger partial charge is 0.383 e. The smallest absolute Gasteiger partial charge is 0.283 e. The molecule has 0 radical (unpaired) electrons. The van der Waals surface area contributed by atoms with Crippen LogP contribution in [0.3, 0.4) is 0 Å². The molecule has 0 aliphatic heterocycles. The van der Waals surface area contributed by atoms with Crippen LogP contribution in [0.1, 0.15) is 33.9 Å². The van der Waals surface area contributed by atoms with Gasteiger partial charge in [-0.2, -0.15) is 5.10 Å². The first kappa shape index (κ1) is 27.7. The van der Waals surface area contributed by atoms with Crippen molar-refractivity contribution in [3.05, 3.63) is 120 Å². The Balaban J connectivity index is 1.25. The molecule has 0 fully saturated rings. The third-order valence-corrected chi connectivity index (χ3v) is 7.74. The number of aromatic nitrogens is 6. The molecule has 2 aromatic carbocycles. The molecular weight excluding hydrogens is 573 g/mol. The molecule has 222 valence electrons. The molecule has 12 heteroatoms. The van der Waals surface area contributed by atoms with Crippen molar-refractivity contribution in [1.82, 2.24) is 34.6 Å². The van der Waals surface area contributed by atoms with Crippen LogP contribution in [-0.4, -0.2) is 41.1 Å². The molecule has 7 rings (SSSR count). The zero-order valence-corrected chi connectivity index (χ0v) is 23.8. The molecule has 45 heavy (non-hydrogen) atoms. The highest BCUT2D eigenvalue weighted by atomic mass is 19.1. The summed E-state index contributed by atoms with van der Waals surface area (Å²) in [4.78, 5) is 39.3. The summed E-state index contributed by atoms with van der Waals surface area (Å²) < 4.78 is 17.0. The van der Waals surface area contributed by atoms with Crippen LogP contribution in [0.5, 0.6) is 0 Å². The van der Waals surface area contributed by atoms with Crippen LogP contribution < -0.4 is 16.4 Å². The number of aryl methyl sites for hydroxylation is 1. The molecule has 2 amide bonds. The maximum atomic E-state index is 13.3. The number of nitrogens with zero attached hydrogens (tertiary/aromatic N) is 6. The van der Waals surface area contributed by atoms with E-state index in [4.69, 9.17) is 15.7 Å². The fourth-order valence-electron chi connectivity index (χ4n) is 5.62. The number of carbonyl (C=O) groups excluding carboxylic acids is 2. The number of amides is 2. The second kappa shape index (κ2) is 11.2. The summed E-state index contributed by atoms with van der Waals surface area (Å²) in [6.45, 7) is 3.02. The van der Waals surface area contributed by atoms with Gasteiger partial charge in [0, 0.05) is 24.3 Å². The highest BCUT2D eigenvalue weighted by molar-refractivity contribution is 6.07. The van der Waals surface area contributed by atoms with Crippen molar-refractivity contribution >= 4 is 34.5 Å². The molecule has 1 atom stereocenters. The van der Waals surface area contributed by atoms with E-state index < -0.39 is 11.7 Å². The van der Waals surface area contributed by atoms with Gasteiger partial charge in [-0.1, -0.05) is 24.8 Å². The molecule has 0 bridgehead atoms. The lowest BCUT2D eigenvalue weighted by Gasteiger charge is -2.17. The van der Waals surface area contributed by atoms with Crippen molar-refractivity contribution in [2.45, 2.75) is 18.9 Å². The first-order valence-corrected chi connectivity index (χ1v) is 14.2.